The largest absolute Gasteiger partial charge is 0.480 e. The molecule has 17 atom stereocenters. The molecule has 0 unspecified atom stereocenters. The molecule has 0 aromatic heterocycles. The van der Waals surface area contributed by atoms with Crippen molar-refractivity contribution in [1.29, 1.82) is 37.9 Å². The standard InChI is InChI=1S/C87H155N37O18/c1-5-48(4)64(118-67(128)51(21-8-34-105-83(93)94)110-65(126)49(88)19-6-32-103-81(89)90)73(134)114-54(24-11-37-108-86(99)100)75(136)119-39-13-26-58(119)69(130)113-53(23-10-36-107-85(97)98)76(137)124-44-18-31-63(124)79(140)123-43-17-30-62(123)68(129)111-50(20-7-33-104-82(91)92)66(127)116-56(45-47(2)3)77(138)121-41-15-27-59(121)70(131)112-52(22-9-35-106-84(95)96)74(135)120-40-14-29-61(120)72(133)117-57(46-125)78(139)122-42-16-28-60(122)71(132)115-55(80(141)142)25-12-38-109-87(101)102/h47-64,125H,5-46,88H2,1-4H3,(H,110,126)(H,111,129)(H,112,131)(H,113,130)(H,114,134)(H,115,132)(H,116,127)(H,117,133)(H,118,128)(H,141,142)(H4,89,90,103)(H4,91,92,104)(H4,93,94,105)(H4,95,96,106)(H4,97,98,107)(H4,99,100,108)(H4,101,102,109)/t48-,49-,50-,51-,52-,53-,54-,55-,56-,57-,58-,59-,60-,61-,62-,63-,64-/m0/s1. The van der Waals surface area contributed by atoms with Crippen LogP contribution in [0.25, 0.3) is 0 Å². The van der Waals surface area contributed by atoms with Crippen molar-refractivity contribution >= 4 is 136 Å². The van der Waals surface area contributed by atoms with Crippen LogP contribution >= 0.6 is 0 Å². The topological polar surface area (TPSA) is 901 Å². The summed E-state index contributed by atoms with van der Waals surface area (Å²) < 4.78 is 0. The van der Waals surface area contributed by atoms with E-state index in [1.807, 2.05) is 0 Å². The van der Waals surface area contributed by atoms with Gasteiger partial charge in [0.15, 0.2) is 41.7 Å². The monoisotopic (exact) mass is 2010 g/mol. The lowest BCUT2D eigenvalue weighted by atomic mass is 9.96. The number of nitrogens with one attached hydrogen (secondary N) is 23. The van der Waals surface area contributed by atoms with E-state index in [0.717, 1.165) is 4.90 Å². The lowest BCUT2D eigenvalue weighted by molar-refractivity contribution is -0.148. The van der Waals surface area contributed by atoms with Crippen molar-refractivity contribution in [3.05, 3.63) is 0 Å². The summed E-state index contributed by atoms with van der Waals surface area (Å²) in [7, 11) is 0. The summed E-state index contributed by atoms with van der Waals surface area (Å²) in [6.45, 7) is 6.99. The first-order valence-electron chi connectivity index (χ1n) is 49.1. The Labute approximate surface area is 825 Å². The van der Waals surface area contributed by atoms with Crippen molar-refractivity contribution in [3.8, 4) is 0 Å². The summed E-state index contributed by atoms with van der Waals surface area (Å²) in [5.74, 6) is -16.0. The van der Waals surface area contributed by atoms with Crippen LogP contribution < -0.4 is 131 Å². The minimum atomic E-state index is -1.62. The average molecular weight is 2010 g/mol. The van der Waals surface area contributed by atoms with Crippen LogP contribution in [0.1, 0.15) is 207 Å². The summed E-state index contributed by atoms with van der Waals surface area (Å²) in [6.07, 6.45) is 3.73. The molecule has 0 bridgehead atoms. The predicted molar refractivity (Wildman–Crippen MR) is 521 cm³/mol. The third-order valence-electron chi connectivity index (χ3n) is 25.9. The highest BCUT2D eigenvalue weighted by Crippen LogP contribution is 2.30. The summed E-state index contributed by atoms with van der Waals surface area (Å²) in [5.41, 5.74) is 44.9. The fraction of sp³-hybridized carbons (Fsp3) is 0.736. The number of nitrogens with zero attached hydrogens (tertiary/aromatic N) is 6. The molecule has 6 rings (SSSR count). The minimum Gasteiger partial charge on any atom is -0.480 e. The first-order valence-corrected chi connectivity index (χ1v) is 49.1. The van der Waals surface area contributed by atoms with Crippen LogP contribution in [0.3, 0.4) is 0 Å². The van der Waals surface area contributed by atoms with Gasteiger partial charge in [0.2, 0.25) is 88.6 Å². The maximum atomic E-state index is 15.3. The number of hydrogen-bond acceptors (Lipinski definition) is 25. The van der Waals surface area contributed by atoms with E-state index < -0.39 is 204 Å². The molecule has 142 heavy (non-hydrogen) atoms. The van der Waals surface area contributed by atoms with Crippen LogP contribution in [0, 0.1) is 49.7 Å². The van der Waals surface area contributed by atoms with Gasteiger partial charge in [-0.15, -0.1) is 0 Å². The van der Waals surface area contributed by atoms with Gasteiger partial charge >= 0.3 is 5.97 Å². The van der Waals surface area contributed by atoms with Gasteiger partial charge in [0.05, 0.1) is 12.6 Å². The molecule has 15 amide bonds. The molecule has 0 saturated carbocycles. The number of carboxylic acid groups (broad SMARTS) is 1. The van der Waals surface area contributed by atoms with E-state index in [1.165, 1.54) is 24.5 Å². The van der Waals surface area contributed by atoms with Crippen molar-refractivity contribution in [2.45, 2.75) is 304 Å². The highest BCUT2D eigenvalue weighted by atomic mass is 16.4. The molecule has 41 N–H and O–H groups in total. The van der Waals surface area contributed by atoms with E-state index in [9.17, 15) is 53.4 Å². The van der Waals surface area contributed by atoms with Gasteiger partial charge in [-0.2, -0.15) is 0 Å². The number of carboxylic acids is 1. The van der Waals surface area contributed by atoms with Crippen molar-refractivity contribution < 1.29 is 86.9 Å². The Hall–Kier alpha value is -13.7. The molecule has 6 saturated heterocycles. The molecule has 6 aliphatic rings. The number of likely N-dealkylation sites (tertiary alicyclic amines) is 6. The maximum Gasteiger partial charge on any atom is 0.326 e. The van der Waals surface area contributed by atoms with Crippen molar-refractivity contribution in [2.75, 3.05) is 91.7 Å². The number of rotatable bonds is 58. The van der Waals surface area contributed by atoms with Gasteiger partial charge < -0.3 is 171 Å². The lowest BCUT2D eigenvalue weighted by Crippen LogP contribution is -2.61. The van der Waals surface area contributed by atoms with E-state index in [2.05, 4.69) is 85.1 Å². The Bertz CT molecular complexity index is 4420. The Morgan fingerprint density at radius 3 is 0.887 bits per heavy atom. The van der Waals surface area contributed by atoms with Crippen LogP contribution in [0.2, 0.25) is 0 Å². The molecule has 55 nitrogen and oxygen atoms in total. The number of amides is 15. The second-order valence-corrected chi connectivity index (χ2v) is 37.1. The van der Waals surface area contributed by atoms with Gasteiger partial charge in [0, 0.05) is 85.1 Å². The fourth-order valence-electron chi connectivity index (χ4n) is 18.4. The second kappa shape index (κ2) is 59.2. The Balaban J connectivity index is 1.18. The van der Waals surface area contributed by atoms with Crippen molar-refractivity contribution in [2.24, 2.45) is 57.7 Å². The quantitative estimate of drug-likeness (QED) is 0.0153. The zero-order chi connectivity index (χ0) is 105. The number of aliphatic hydroxyl groups excluding tert-OH is 1. The molecular weight excluding hydrogens is 1850 g/mol. The van der Waals surface area contributed by atoms with Gasteiger partial charge in [-0.1, -0.05) is 34.1 Å². The molecule has 6 aliphatic heterocycles. The number of carbonyl (C=O) groups excluding carboxylic acids is 15. The first kappa shape index (κ1) is 117. The van der Waals surface area contributed by atoms with E-state index >= 15 is 33.6 Å². The average Bonchev–Trinajstić information content (AvgIpc) is 1.53. The third kappa shape index (κ3) is 37.1. The molecule has 0 spiro atoms. The maximum absolute atomic E-state index is 15.3. The molecule has 796 valence electrons. The predicted octanol–water partition coefficient (Wildman–Crippen LogP) is -9.37. The second-order valence-electron chi connectivity index (χ2n) is 37.1. The van der Waals surface area contributed by atoms with E-state index in [0.29, 0.717) is 38.5 Å². The van der Waals surface area contributed by atoms with Crippen LogP contribution in [-0.2, 0) is 76.7 Å². The van der Waals surface area contributed by atoms with Crippen LogP contribution in [0.15, 0.2) is 0 Å². The molecule has 0 aromatic rings. The van der Waals surface area contributed by atoms with E-state index in [1.54, 1.807) is 27.7 Å². The van der Waals surface area contributed by atoms with Crippen LogP contribution in [0.4, 0.5) is 0 Å². The van der Waals surface area contributed by atoms with Gasteiger partial charge in [0.25, 0.3) is 0 Å². The summed E-state index contributed by atoms with van der Waals surface area (Å²) in [4.78, 5) is 240. The van der Waals surface area contributed by atoms with Gasteiger partial charge in [-0.05, 0) is 185 Å². The molecule has 0 aliphatic carbocycles. The van der Waals surface area contributed by atoms with Crippen LogP contribution in [-0.4, -0.2) is 364 Å². The Morgan fingerprint density at radius 1 is 0.310 bits per heavy atom. The number of nitrogens with two attached hydrogens (primary N) is 8. The van der Waals surface area contributed by atoms with E-state index in [-0.39, 0.29) is 274 Å². The zero-order valence-electron chi connectivity index (χ0n) is 81.8. The Morgan fingerprint density at radius 2 is 0.556 bits per heavy atom. The highest BCUT2D eigenvalue weighted by Gasteiger charge is 2.49. The lowest BCUT2D eigenvalue weighted by Gasteiger charge is -2.34. The highest BCUT2D eigenvalue weighted by molar-refractivity contribution is 6.02. The minimum absolute atomic E-state index is 0.00158. The number of aliphatic carboxylic acids is 1. The summed E-state index contributed by atoms with van der Waals surface area (Å²) in [5, 5.41) is 117. The first-order chi connectivity index (χ1) is 67.4. The molecule has 0 aromatic carbocycles. The van der Waals surface area contributed by atoms with Crippen molar-refractivity contribution in [1.82, 2.24) is 114 Å². The number of aliphatic hydroxyl groups is 1. The fourth-order valence-corrected chi connectivity index (χ4v) is 18.4. The summed E-state index contributed by atoms with van der Waals surface area (Å²) in [6, 6.07) is -20.8. The van der Waals surface area contributed by atoms with E-state index in [4.69, 9.17) is 83.7 Å². The van der Waals surface area contributed by atoms with Gasteiger partial charge in [-0.3, -0.25) is 110 Å². The Kier molecular flexibility index (Phi) is 48.8. The van der Waals surface area contributed by atoms with Gasteiger partial charge in [0.1, 0.15) is 90.6 Å². The molecular formula is C87H155N37O18. The molecule has 6 heterocycles. The van der Waals surface area contributed by atoms with Gasteiger partial charge in [-0.25, -0.2) is 4.79 Å². The number of hydrogen-bond donors (Lipinski definition) is 33. The molecule has 6 fully saturated rings. The zero-order valence-corrected chi connectivity index (χ0v) is 81.8. The third-order valence-corrected chi connectivity index (χ3v) is 25.9. The SMILES string of the molecule is CC[C@H](C)[C@H](NC(=O)[C@H](CCCNC(=N)N)NC(=O)[C@@H](N)CCCNC(=N)N)C(=O)N[C@@H](CCCNC(=N)N)C(=O)N1CCC[C@H]1C(=O)N[C@@H](CCCNC(=N)N)C(=O)N1CCC[C@H]1C(=O)N1CCC[C@H]1C(=O)N[C@@H](CCCNC(=N)N)C(=O)N[C@@H](CC(C)C)C(=O)N1CCC[C@H]1C(=O)N[C@@H](CCCNC(=N)N)C(=O)N1CCC[C@H]1C(=O)N[C@@H](CO)C(=O)N1CCC[C@H]1C(=O)N[C@@H](CCCNC(=N)N)C(=O)O. The number of guanidine groups is 7. The van der Waals surface area contributed by atoms with Crippen molar-refractivity contribution in [3.63, 3.8) is 0 Å². The molecule has 0 radical (unpaired) electrons. The normalized spacial score (nSPS) is 19.9. The molecule has 55 heteroatoms. The smallest absolute Gasteiger partial charge is 0.326 e. The van der Waals surface area contributed by atoms with Crippen LogP contribution in [0.5, 0.6) is 0 Å². The number of carbonyl (C=O) groups is 16. The summed E-state index contributed by atoms with van der Waals surface area (Å²) >= 11 is 0.